The molecule has 4 heterocycles. The molecule has 0 bridgehead atoms. The van der Waals surface area contributed by atoms with Gasteiger partial charge in [0.1, 0.15) is 22.3 Å². The second-order valence-corrected chi connectivity index (χ2v) is 12.6. The molecule has 2 aliphatic heterocycles. The number of ether oxygens (including phenoxy) is 1. The Hall–Kier alpha value is -3.72. The number of halogens is 5. The number of hydrogen-bond acceptors (Lipinski definition) is 9. The number of hydrogen-bond donors (Lipinski definition) is 1. The smallest absolute Gasteiger partial charge is 0.419 e. The minimum absolute atomic E-state index is 0.0842. The Kier molecular flexibility index (Phi) is 10.5. The van der Waals surface area contributed by atoms with Gasteiger partial charge >= 0.3 is 18.8 Å². The molecule has 9 nitrogen and oxygen atoms in total. The average molecular weight is 668 g/mol. The molecule has 0 aliphatic carbocycles. The number of aliphatic carboxylic acids is 1. The standard InChI is InChI=1S/C31H34F5N5O4S/c1-2-4-20-5-3-10-41(20)17-25-28(19-6-7-24(45-30(32)33)21(13-19)31(34,35)36)39-27(46-25)14-23(42)22-15-38-26(16-37-22)40-11-8-18(9-12-40)29(43)44/h6-7,13,15-16,18,20,30H,2-5,8-12,14,17H2,1H3,(H,43,44)/t20-/m1/s1. The summed E-state index contributed by atoms with van der Waals surface area (Å²) in [5.41, 5.74) is -0.900. The van der Waals surface area contributed by atoms with Gasteiger partial charge in [-0.05, 0) is 56.8 Å². The predicted octanol–water partition coefficient (Wildman–Crippen LogP) is 6.71. The molecule has 0 amide bonds. The number of likely N-dealkylation sites (tertiary alicyclic amines) is 1. The number of anilines is 1. The predicted molar refractivity (Wildman–Crippen MR) is 160 cm³/mol. The van der Waals surface area contributed by atoms with Crippen LogP contribution in [0.2, 0.25) is 0 Å². The molecule has 0 unspecified atom stereocenters. The highest BCUT2D eigenvalue weighted by Crippen LogP contribution is 2.41. The molecule has 248 valence electrons. The lowest BCUT2D eigenvalue weighted by atomic mass is 9.97. The number of carbonyl (C=O) groups is 2. The Balaban J connectivity index is 1.39. The van der Waals surface area contributed by atoms with Crippen LogP contribution in [0.25, 0.3) is 11.3 Å². The Labute approximate surface area is 266 Å². The molecule has 1 N–H and O–H groups in total. The van der Waals surface area contributed by atoms with Crippen LogP contribution < -0.4 is 9.64 Å². The van der Waals surface area contributed by atoms with E-state index in [9.17, 15) is 36.6 Å². The summed E-state index contributed by atoms with van der Waals surface area (Å²) in [7, 11) is 0. The first-order valence-electron chi connectivity index (χ1n) is 15.1. The topological polar surface area (TPSA) is 109 Å². The summed E-state index contributed by atoms with van der Waals surface area (Å²) in [6.07, 6.45) is 2.64. The Bertz CT molecular complexity index is 1530. The summed E-state index contributed by atoms with van der Waals surface area (Å²) >= 11 is 1.23. The van der Waals surface area contributed by atoms with Crippen molar-refractivity contribution in [1.29, 1.82) is 0 Å². The Morgan fingerprint density at radius 3 is 2.50 bits per heavy atom. The van der Waals surface area contributed by atoms with Gasteiger partial charge in [-0.2, -0.15) is 22.0 Å². The molecular formula is C31H34F5N5O4S. The number of alkyl halides is 5. The van der Waals surface area contributed by atoms with E-state index in [0.717, 1.165) is 44.4 Å². The van der Waals surface area contributed by atoms with Crippen molar-refractivity contribution in [3.05, 3.63) is 51.7 Å². The molecule has 2 aliphatic rings. The van der Waals surface area contributed by atoms with Gasteiger partial charge in [0.15, 0.2) is 5.78 Å². The molecule has 2 fully saturated rings. The first kappa shape index (κ1) is 33.6. The lowest BCUT2D eigenvalue weighted by Gasteiger charge is -2.30. The van der Waals surface area contributed by atoms with Crippen LogP contribution in [-0.2, 0) is 23.9 Å². The Morgan fingerprint density at radius 2 is 1.87 bits per heavy atom. The maximum absolute atomic E-state index is 13.9. The number of aromatic nitrogens is 3. The fourth-order valence-electron chi connectivity index (χ4n) is 6.07. The minimum Gasteiger partial charge on any atom is -0.481 e. The van der Waals surface area contributed by atoms with Crippen LogP contribution in [0.15, 0.2) is 30.6 Å². The first-order chi connectivity index (χ1) is 21.9. The zero-order chi connectivity index (χ0) is 33.0. The number of piperidine rings is 1. The van der Waals surface area contributed by atoms with Gasteiger partial charge in [-0.3, -0.25) is 14.5 Å². The van der Waals surface area contributed by atoms with Gasteiger partial charge in [-0.25, -0.2) is 15.0 Å². The zero-order valence-electron chi connectivity index (χ0n) is 25.1. The largest absolute Gasteiger partial charge is 0.481 e. The van der Waals surface area contributed by atoms with Crippen LogP contribution in [0.3, 0.4) is 0 Å². The van der Waals surface area contributed by atoms with E-state index in [0.29, 0.717) is 54.2 Å². The van der Waals surface area contributed by atoms with Crippen LogP contribution in [-0.4, -0.2) is 69.0 Å². The highest BCUT2D eigenvalue weighted by atomic mass is 32.1. The zero-order valence-corrected chi connectivity index (χ0v) is 25.9. The van der Waals surface area contributed by atoms with Crippen molar-refractivity contribution in [3.63, 3.8) is 0 Å². The SMILES string of the molecule is CCC[C@@H]1CCCN1Cc1sc(CC(=O)c2cnc(N3CCC(C(=O)O)CC3)cn2)nc1-c1ccc(OC(F)F)c(C(F)(F)F)c1. The van der Waals surface area contributed by atoms with Crippen LogP contribution in [0.1, 0.15) is 71.4 Å². The average Bonchev–Trinajstić information content (AvgIpc) is 3.63. The summed E-state index contributed by atoms with van der Waals surface area (Å²) in [6.45, 7) is 0.926. The van der Waals surface area contributed by atoms with Crippen LogP contribution in [0, 0.1) is 5.92 Å². The summed E-state index contributed by atoms with van der Waals surface area (Å²) in [6, 6.07) is 3.23. The summed E-state index contributed by atoms with van der Waals surface area (Å²) < 4.78 is 71.5. The molecular weight excluding hydrogens is 633 g/mol. The normalized spacial score (nSPS) is 18.0. The fraction of sp³-hybridized carbons (Fsp3) is 0.516. The number of benzene rings is 1. The number of thiazole rings is 1. The van der Waals surface area contributed by atoms with E-state index in [1.54, 1.807) is 0 Å². The number of carboxylic acid groups (broad SMARTS) is 1. The van der Waals surface area contributed by atoms with Crippen molar-refractivity contribution in [2.45, 2.75) is 77.2 Å². The van der Waals surface area contributed by atoms with Gasteiger partial charge in [0.05, 0.1) is 36.0 Å². The molecule has 1 atom stereocenters. The van der Waals surface area contributed by atoms with Crippen LogP contribution in [0.4, 0.5) is 27.8 Å². The van der Waals surface area contributed by atoms with Crippen molar-refractivity contribution in [2.75, 3.05) is 24.5 Å². The van der Waals surface area contributed by atoms with E-state index in [1.165, 1.54) is 29.8 Å². The first-order valence-corrected chi connectivity index (χ1v) is 16.0. The molecule has 2 saturated heterocycles. The fourth-order valence-corrected chi connectivity index (χ4v) is 7.18. The molecule has 46 heavy (non-hydrogen) atoms. The lowest BCUT2D eigenvalue weighted by Crippen LogP contribution is -2.36. The molecule has 2 aromatic heterocycles. The number of carboxylic acids is 1. The summed E-state index contributed by atoms with van der Waals surface area (Å²) in [5, 5.41) is 9.60. The van der Waals surface area contributed by atoms with E-state index in [2.05, 4.69) is 31.5 Å². The lowest BCUT2D eigenvalue weighted by molar-refractivity contribution is -0.143. The molecule has 1 aromatic carbocycles. The third-order valence-electron chi connectivity index (χ3n) is 8.39. The third kappa shape index (κ3) is 7.97. The van der Waals surface area contributed by atoms with E-state index < -0.39 is 36.0 Å². The maximum atomic E-state index is 13.9. The van der Waals surface area contributed by atoms with Gasteiger partial charge in [0.2, 0.25) is 0 Å². The van der Waals surface area contributed by atoms with Gasteiger partial charge in [-0.15, -0.1) is 11.3 Å². The highest BCUT2D eigenvalue weighted by Gasteiger charge is 2.36. The van der Waals surface area contributed by atoms with E-state index in [4.69, 9.17) is 0 Å². The monoisotopic (exact) mass is 667 g/mol. The highest BCUT2D eigenvalue weighted by molar-refractivity contribution is 7.12. The summed E-state index contributed by atoms with van der Waals surface area (Å²) in [4.78, 5) is 42.6. The van der Waals surface area contributed by atoms with Gasteiger partial charge < -0.3 is 14.7 Å². The molecule has 5 rings (SSSR count). The van der Waals surface area contributed by atoms with Crippen molar-refractivity contribution in [1.82, 2.24) is 19.9 Å². The van der Waals surface area contributed by atoms with Crippen molar-refractivity contribution < 1.29 is 41.4 Å². The van der Waals surface area contributed by atoms with Gasteiger partial charge in [-0.1, -0.05) is 13.3 Å². The molecule has 0 saturated carbocycles. The molecule has 15 heteroatoms. The number of carbonyl (C=O) groups excluding carboxylic acids is 1. The second kappa shape index (κ2) is 14.4. The molecule has 3 aromatic rings. The number of rotatable bonds is 12. The van der Waals surface area contributed by atoms with Gasteiger partial charge in [0, 0.05) is 36.1 Å². The quantitative estimate of drug-likeness (QED) is 0.167. The number of nitrogens with zero attached hydrogens (tertiary/aromatic N) is 5. The Morgan fingerprint density at radius 1 is 1.11 bits per heavy atom. The number of ketones is 1. The summed E-state index contributed by atoms with van der Waals surface area (Å²) in [5.74, 6) is -2.04. The minimum atomic E-state index is -4.95. The van der Waals surface area contributed by atoms with E-state index >= 15 is 0 Å². The van der Waals surface area contributed by atoms with E-state index in [-0.39, 0.29) is 29.2 Å². The van der Waals surface area contributed by atoms with Crippen LogP contribution >= 0.6 is 11.3 Å². The molecule has 0 spiro atoms. The third-order valence-corrected chi connectivity index (χ3v) is 9.43. The maximum Gasteiger partial charge on any atom is 0.419 e. The number of Topliss-reactive ketones (excluding diaryl/α,β-unsaturated/α-hetero) is 1. The second-order valence-electron chi connectivity index (χ2n) is 11.5. The van der Waals surface area contributed by atoms with Crippen molar-refractivity contribution in [2.24, 2.45) is 5.92 Å². The van der Waals surface area contributed by atoms with E-state index in [1.807, 2.05) is 4.90 Å². The van der Waals surface area contributed by atoms with Crippen LogP contribution in [0.5, 0.6) is 5.75 Å². The van der Waals surface area contributed by atoms with Gasteiger partial charge in [0.25, 0.3) is 0 Å². The van der Waals surface area contributed by atoms with Crippen molar-refractivity contribution >= 4 is 28.9 Å². The molecule has 0 radical (unpaired) electrons. The van der Waals surface area contributed by atoms with Crippen molar-refractivity contribution in [3.8, 4) is 17.0 Å².